The van der Waals surface area contributed by atoms with E-state index in [9.17, 15) is 0 Å². The Hall–Kier alpha value is 0. The summed E-state index contributed by atoms with van der Waals surface area (Å²) in [6.07, 6.45) is 13.2. The average molecular weight is 210 g/mol. The summed E-state index contributed by atoms with van der Waals surface area (Å²) >= 11 is 0. The lowest BCUT2D eigenvalue weighted by atomic mass is 9.74. The molecule has 1 aliphatic rings. The fraction of sp³-hybridized carbons (Fsp3) is 1.00. The van der Waals surface area contributed by atoms with E-state index in [0.717, 1.165) is 17.8 Å². The Morgan fingerprint density at radius 2 is 1.53 bits per heavy atom. The van der Waals surface area contributed by atoms with Gasteiger partial charge in [-0.1, -0.05) is 78.6 Å². The smallest absolute Gasteiger partial charge is 0.0388 e. The average Bonchev–Trinajstić information content (AvgIpc) is 2.12. The third-order valence-corrected chi connectivity index (χ3v) is 4.38. The molecular formula is C15H30. The van der Waals surface area contributed by atoms with Gasteiger partial charge < -0.3 is 0 Å². The Morgan fingerprint density at radius 3 is 1.93 bits per heavy atom. The molecule has 0 amide bonds. The molecule has 1 unspecified atom stereocenters. The molecule has 0 bridgehead atoms. The van der Waals surface area contributed by atoms with Gasteiger partial charge in [0.05, 0.1) is 0 Å². The van der Waals surface area contributed by atoms with Gasteiger partial charge in [-0.3, -0.25) is 0 Å². The predicted molar refractivity (Wildman–Crippen MR) is 69.0 cm³/mol. The number of hydrogen-bond acceptors (Lipinski definition) is 0. The third kappa shape index (κ3) is 4.57. The molecule has 0 saturated heterocycles. The van der Waals surface area contributed by atoms with E-state index >= 15 is 0 Å². The van der Waals surface area contributed by atoms with Crippen molar-refractivity contribution in [2.45, 2.75) is 78.6 Å². The molecule has 1 aliphatic carbocycles. The Balaban J connectivity index is 2.13. The van der Waals surface area contributed by atoms with E-state index < -0.39 is 0 Å². The Kier molecular flexibility index (Phi) is 6.36. The summed E-state index contributed by atoms with van der Waals surface area (Å²) in [5, 5.41) is 0. The van der Waals surface area contributed by atoms with Crippen LogP contribution in [0.2, 0.25) is 0 Å². The molecule has 0 radical (unpaired) electrons. The molecule has 0 aromatic heterocycles. The van der Waals surface area contributed by atoms with Gasteiger partial charge in [0.15, 0.2) is 0 Å². The Morgan fingerprint density at radius 1 is 0.933 bits per heavy atom. The first-order valence-corrected chi connectivity index (χ1v) is 7.27. The van der Waals surface area contributed by atoms with E-state index in [4.69, 9.17) is 0 Å². The summed E-state index contributed by atoms with van der Waals surface area (Å²) < 4.78 is 0. The molecule has 0 spiro atoms. The molecule has 0 N–H and O–H groups in total. The molecule has 0 heteroatoms. The highest BCUT2D eigenvalue weighted by atomic mass is 14.3. The summed E-state index contributed by atoms with van der Waals surface area (Å²) in [7, 11) is 0. The first kappa shape index (κ1) is 13.1. The molecule has 0 heterocycles. The van der Waals surface area contributed by atoms with E-state index in [1.807, 2.05) is 0 Å². The second kappa shape index (κ2) is 7.30. The zero-order valence-electron chi connectivity index (χ0n) is 11.1. The van der Waals surface area contributed by atoms with Gasteiger partial charge in [-0.2, -0.15) is 0 Å². The van der Waals surface area contributed by atoms with Crippen molar-refractivity contribution in [1.29, 1.82) is 0 Å². The van der Waals surface area contributed by atoms with E-state index in [1.165, 1.54) is 57.8 Å². The second-order valence-electron chi connectivity index (χ2n) is 5.69. The van der Waals surface area contributed by atoms with Gasteiger partial charge in [-0.15, -0.1) is 0 Å². The van der Waals surface area contributed by atoms with Crippen molar-refractivity contribution in [3.63, 3.8) is 0 Å². The topological polar surface area (TPSA) is 0 Å². The summed E-state index contributed by atoms with van der Waals surface area (Å²) in [4.78, 5) is 0. The lowest BCUT2D eigenvalue weighted by Crippen LogP contribution is -2.20. The van der Waals surface area contributed by atoms with E-state index in [0.29, 0.717) is 0 Å². The lowest BCUT2D eigenvalue weighted by Gasteiger charge is -2.32. The van der Waals surface area contributed by atoms with Crippen molar-refractivity contribution in [2.75, 3.05) is 0 Å². The third-order valence-electron chi connectivity index (χ3n) is 4.38. The van der Waals surface area contributed by atoms with Crippen LogP contribution < -0.4 is 0 Å². The van der Waals surface area contributed by atoms with Gasteiger partial charge >= 0.3 is 0 Å². The molecule has 0 aromatic carbocycles. The maximum absolute atomic E-state index is 2.48. The van der Waals surface area contributed by atoms with Gasteiger partial charge in [0, 0.05) is 0 Å². The van der Waals surface area contributed by atoms with Crippen molar-refractivity contribution >= 4 is 0 Å². The van der Waals surface area contributed by atoms with Crippen molar-refractivity contribution in [3.8, 4) is 0 Å². The van der Waals surface area contributed by atoms with Crippen LogP contribution in [-0.4, -0.2) is 0 Å². The van der Waals surface area contributed by atoms with Crippen LogP contribution in [-0.2, 0) is 0 Å². The van der Waals surface area contributed by atoms with Crippen molar-refractivity contribution in [2.24, 2.45) is 17.8 Å². The number of rotatable bonds is 8. The molecule has 1 rings (SSSR count). The van der Waals surface area contributed by atoms with Gasteiger partial charge in [0.1, 0.15) is 0 Å². The highest BCUT2D eigenvalue weighted by Crippen LogP contribution is 2.36. The second-order valence-corrected chi connectivity index (χ2v) is 5.69. The van der Waals surface area contributed by atoms with Crippen LogP contribution in [0.3, 0.4) is 0 Å². The van der Waals surface area contributed by atoms with E-state index in [-0.39, 0.29) is 0 Å². The fourth-order valence-corrected chi connectivity index (χ4v) is 2.99. The van der Waals surface area contributed by atoms with Crippen LogP contribution in [0.1, 0.15) is 78.6 Å². The van der Waals surface area contributed by atoms with Crippen LogP contribution in [0.25, 0.3) is 0 Å². The van der Waals surface area contributed by atoms with Crippen molar-refractivity contribution in [3.05, 3.63) is 0 Å². The van der Waals surface area contributed by atoms with Crippen LogP contribution in [0, 0.1) is 17.8 Å². The lowest BCUT2D eigenvalue weighted by molar-refractivity contribution is 0.197. The van der Waals surface area contributed by atoms with Gasteiger partial charge in [0.2, 0.25) is 0 Å². The fourth-order valence-electron chi connectivity index (χ4n) is 2.99. The quantitative estimate of drug-likeness (QED) is 0.502. The summed E-state index contributed by atoms with van der Waals surface area (Å²) in [5.74, 6) is 3.13. The van der Waals surface area contributed by atoms with Crippen LogP contribution in [0.4, 0.5) is 0 Å². The largest absolute Gasteiger partial charge is 0.0654 e. The molecule has 1 saturated carbocycles. The molecule has 0 nitrogen and oxygen atoms in total. The minimum Gasteiger partial charge on any atom is -0.0654 e. The maximum atomic E-state index is 2.48. The van der Waals surface area contributed by atoms with Gasteiger partial charge in [0.25, 0.3) is 0 Å². The maximum Gasteiger partial charge on any atom is -0.0388 e. The van der Waals surface area contributed by atoms with Gasteiger partial charge in [-0.25, -0.2) is 0 Å². The molecule has 1 fully saturated rings. The SMILES string of the molecule is CCCC(CCC)CCC(C)C1CCC1. The first-order chi connectivity index (χ1) is 7.27. The summed E-state index contributed by atoms with van der Waals surface area (Å²) in [6.45, 7) is 7.15. The zero-order chi connectivity index (χ0) is 11.1. The molecular weight excluding hydrogens is 180 g/mol. The summed E-state index contributed by atoms with van der Waals surface area (Å²) in [5.41, 5.74) is 0. The predicted octanol–water partition coefficient (Wildman–Crippen LogP) is 5.42. The van der Waals surface area contributed by atoms with Crippen LogP contribution in [0.15, 0.2) is 0 Å². The van der Waals surface area contributed by atoms with Crippen molar-refractivity contribution < 1.29 is 0 Å². The first-order valence-electron chi connectivity index (χ1n) is 7.27. The molecule has 1 atom stereocenters. The molecule has 0 aromatic rings. The minimum absolute atomic E-state index is 1.01. The van der Waals surface area contributed by atoms with E-state index in [1.54, 1.807) is 0 Å². The highest BCUT2D eigenvalue weighted by Gasteiger charge is 2.24. The highest BCUT2D eigenvalue weighted by molar-refractivity contribution is 4.75. The van der Waals surface area contributed by atoms with Gasteiger partial charge in [-0.05, 0) is 17.8 Å². The normalized spacial score (nSPS) is 19.2. The molecule has 0 aliphatic heterocycles. The van der Waals surface area contributed by atoms with E-state index in [2.05, 4.69) is 20.8 Å². The van der Waals surface area contributed by atoms with Crippen LogP contribution in [0.5, 0.6) is 0 Å². The monoisotopic (exact) mass is 210 g/mol. The standard InChI is InChI=1S/C15H30/c1-4-7-14(8-5-2)12-11-13(3)15-9-6-10-15/h13-15H,4-12H2,1-3H3. The Bertz CT molecular complexity index is 140. The molecule has 15 heavy (non-hydrogen) atoms. The number of hydrogen-bond donors (Lipinski definition) is 0. The summed E-state index contributed by atoms with van der Waals surface area (Å²) in [6, 6.07) is 0. The van der Waals surface area contributed by atoms with Crippen LogP contribution >= 0.6 is 0 Å². The minimum atomic E-state index is 1.01. The van der Waals surface area contributed by atoms with Crippen molar-refractivity contribution in [1.82, 2.24) is 0 Å². The molecule has 90 valence electrons. The Labute approximate surface area is 96.8 Å². The zero-order valence-corrected chi connectivity index (χ0v) is 11.1.